The van der Waals surface area contributed by atoms with Gasteiger partial charge in [-0.05, 0) is 67.6 Å². The molecule has 6 nitrogen and oxygen atoms in total. The van der Waals surface area contributed by atoms with E-state index >= 15 is 0 Å². The molecule has 0 saturated carbocycles. The average Bonchev–Trinajstić information content (AvgIpc) is 3.07. The maximum Gasteiger partial charge on any atom is 0.243 e. The normalized spacial score (nSPS) is 17.0. The zero-order chi connectivity index (χ0) is 23.7. The molecule has 178 valence electrons. The largest absolute Gasteiger partial charge is 0.311 e. The molecule has 0 radical (unpaired) electrons. The lowest BCUT2D eigenvalue weighted by molar-refractivity contribution is -0.116. The molecule has 0 unspecified atom stereocenters. The molecule has 1 aromatic heterocycles. The highest BCUT2D eigenvalue weighted by Crippen LogP contribution is 2.31. The molecule has 1 saturated heterocycles. The van der Waals surface area contributed by atoms with Crippen molar-refractivity contribution in [1.29, 1.82) is 0 Å². The van der Waals surface area contributed by atoms with Gasteiger partial charge in [-0.25, -0.2) is 13.4 Å². The maximum absolute atomic E-state index is 13.2. The summed E-state index contributed by atoms with van der Waals surface area (Å²) in [6.45, 7) is 3.86. The number of para-hydroxylation sites is 1. The first-order valence-electron chi connectivity index (χ1n) is 11.9. The molecule has 2 aliphatic heterocycles. The fraction of sp³-hybridized carbons (Fsp3) is 0.385. The number of fused-ring (bicyclic) bond motifs is 2. The van der Waals surface area contributed by atoms with Crippen molar-refractivity contribution in [2.45, 2.75) is 48.9 Å². The van der Waals surface area contributed by atoms with Crippen molar-refractivity contribution in [3.63, 3.8) is 0 Å². The van der Waals surface area contributed by atoms with Crippen LogP contribution in [0.1, 0.15) is 36.8 Å². The predicted octanol–water partition coefficient (Wildman–Crippen LogP) is 4.79. The van der Waals surface area contributed by atoms with Crippen molar-refractivity contribution in [2.75, 3.05) is 30.3 Å². The third kappa shape index (κ3) is 4.59. The number of sulfonamides is 1. The number of rotatable bonds is 5. The lowest BCUT2D eigenvalue weighted by Crippen LogP contribution is -2.31. The first-order chi connectivity index (χ1) is 16.4. The summed E-state index contributed by atoms with van der Waals surface area (Å²) < 4.78 is 28.0. The molecule has 0 N–H and O–H groups in total. The first kappa shape index (κ1) is 23.3. The van der Waals surface area contributed by atoms with Crippen LogP contribution in [0.15, 0.2) is 58.5 Å². The van der Waals surface area contributed by atoms with Crippen LogP contribution in [0.3, 0.4) is 0 Å². The van der Waals surface area contributed by atoms with Crippen molar-refractivity contribution in [3.8, 4) is 0 Å². The number of carbonyl (C=O) groups is 1. The zero-order valence-corrected chi connectivity index (χ0v) is 21.0. The Balaban J connectivity index is 1.33. The van der Waals surface area contributed by atoms with E-state index in [1.807, 2.05) is 36.1 Å². The number of hydrogen-bond acceptors (Lipinski definition) is 5. The standard InChI is InChI=1S/C26H29N3O3S2/c1-19-16-25(33-18-26(30)29-15-12-20-8-4-5-9-24(20)29)27-23-11-10-21(17-22(19)23)34(31,32)28-13-6-2-3-7-14-28/h4-5,8-11,16-17H,2-3,6-7,12-15,18H2,1H3. The topological polar surface area (TPSA) is 70.6 Å². The Hall–Kier alpha value is -2.42. The number of anilines is 1. The van der Waals surface area contributed by atoms with Crippen LogP contribution >= 0.6 is 11.8 Å². The summed E-state index contributed by atoms with van der Waals surface area (Å²) in [6, 6.07) is 15.2. The molecule has 0 bridgehead atoms. The highest BCUT2D eigenvalue weighted by molar-refractivity contribution is 7.99. The van der Waals surface area contributed by atoms with Crippen molar-refractivity contribution in [3.05, 3.63) is 59.7 Å². The smallest absolute Gasteiger partial charge is 0.243 e. The van der Waals surface area contributed by atoms with Crippen LogP contribution < -0.4 is 4.90 Å². The van der Waals surface area contributed by atoms with E-state index in [1.165, 1.54) is 17.3 Å². The third-order valence-corrected chi connectivity index (χ3v) is 9.49. The Morgan fingerprint density at radius 3 is 2.56 bits per heavy atom. The van der Waals surface area contributed by atoms with Gasteiger partial charge in [0.15, 0.2) is 0 Å². The molecular formula is C26H29N3O3S2. The molecule has 0 atom stereocenters. The van der Waals surface area contributed by atoms with Gasteiger partial charge in [0.1, 0.15) is 0 Å². The van der Waals surface area contributed by atoms with Crippen molar-refractivity contribution in [2.24, 2.45) is 0 Å². The minimum absolute atomic E-state index is 0.0772. The summed E-state index contributed by atoms with van der Waals surface area (Å²) >= 11 is 1.43. The highest BCUT2D eigenvalue weighted by Gasteiger charge is 2.26. The average molecular weight is 496 g/mol. The number of nitrogens with zero attached hydrogens (tertiary/aromatic N) is 3. The van der Waals surface area contributed by atoms with Crippen molar-refractivity contribution < 1.29 is 13.2 Å². The molecule has 1 fully saturated rings. The quantitative estimate of drug-likeness (QED) is 0.476. The van der Waals surface area contributed by atoms with Gasteiger partial charge in [-0.1, -0.05) is 42.8 Å². The number of aryl methyl sites for hydroxylation is 1. The van der Waals surface area contributed by atoms with E-state index in [1.54, 1.807) is 22.5 Å². The van der Waals surface area contributed by atoms with E-state index in [0.717, 1.165) is 65.8 Å². The number of pyridine rings is 1. The van der Waals surface area contributed by atoms with Crippen LogP contribution in [-0.2, 0) is 21.2 Å². The zero-order valence-electron chi connectivity index (χ0n) is 19.4. The lowest BCUT2D eigenvalue weighted by atomic mass is 10.1. The summed E-state index contributed by atoms with van der Waals surface area (Å²) in [6.07, 6.45) is 4.88. The van der Waals surface area contributed by atoms with Crippen LogP contribution in [0.2, 0.25) is 0 Å². The SMILES string of the molecule is Cc1cc(SCC(=O)N2CCc3ccccc32)nc2ccc(S(=O)(=O)N3CCCCCC3)cc12. The second-order valence-corrected chi connectivity index (χ2v) is 11.9. The van der Waals surface area contributed by atoms with E-state index < -0.39 is 10.0 Å². The molecular weight excluding hydrogens is 466 g/mol. The summed E-state index contributed by atoms with van der Waals surface area (Å²) in [5, 5.41) is 1.61. The summed E-state index contributed by atoms with van der Waals surface area (Å²) in [4.78, 5) is 19.8. The lowest BCUT2D eigenvalue weighted by Gasteiger charge is -2.20. The second-order valence-electron chi connectivity index (χ2n) is 8.99. The molecule has 3 aromatic rings. The second kappa shape index (κ2) is 9.68. The van der Waals surface area contributed by atoms with Crippen molar-refractivity contribution in [1.82, 2.24) is 9.29 Å². The Labute approximate surface area is 205 Å². The van der Waals surface area contributed by atoms with Crippen molar-refractivity contribution >= 4 is 44.3 Å². The molecule has 5 rings (SSSR count). The van der Waals surface area contributed by atoms with E-state index in [0.29, 0.717) is 23.7 Å². The molecule has 34 heavy (non-hydrogen) atoms. The molecule has 0 spiro atoms. The fourth-order valence-corrected chi connectivity index (χ4v) is 7.21. The Morgan fingerprint density at radius 2 is 1.76 bits per heavy atom. The molecule has 3 heterocycles. The van der Waals surface area contributed by atoms with Gasteiger partial charge in [0.25, 0.3) is 0 Å². The minimum Gasteiger partial charge on any atom is -0.311 e. The van der Waals surface area contributed by atoms with Crippen LogP contribution in [0.4, 0.5) is 5.69 Å². The van der Waals surface area contributed by atoms with Crippen LogP contribution in [-0.4, -0.2) is 49.0 Å². The van der Waals surface area contributed by atoms with Crippen LogP contribution in [0.5, 0.6) is 0 Å². The molecule has 2 aromatic carbocycles. The highest BCUT2D eigenvalue weighted by atomic mass is 32.2. The minimum atomic E-state index is -3.51. The number of amides is 1. The molecule has 2 aliphatic rings. The first-order valence-corrected chi connectivity index (χ1v) is 14.3. The number of benzene rings is 2. The molecule has 1 amide bonds. The number of thioether (sulfide) groups is 1. The van der Waals surface area contributed by atoms with Gasteiger partial charge in [0.05, 0.1) is 21.2 Å². The van der Waals surface area contributed by atoms with Gasteiger partial charge in [-0.3, -0.25) is 4.79 Å². The molecule has 8 heteroatoms. The summed E-state index contributed by atoms with van der Waals surface area (Å²) in [5.74, 6) is 0.390. The van der Waals surface area contributed by atoms with Gasteiger partial charge in [-0.15, -0.1) is 0 Å². The van der Waals surface area contributed by atoms with E-state index in [4.69, 9.17) is 4.98 Å². The van der Waals surface area contributed by atoms with Crippen LogP contribution in [0, 0.1) is 6.92 Å². The fourth-order valence-electron chi connectivity index (χ4n) is 4.82. The van der Waals surface area contributed by atoms with E-state index in [-0.39, 0.29) is 5.91 Å². The monoisotopic (exact) mass is 495 g/mol. The van der Waals surface area contributed by atoms with Gasteiger partial charge < -0.3 is 4.90 Å². The Kier molecular flexibility index (Phi) is 6.64. The third-order valence-electron chi connectivity index (χ3n) is 6.70. The van der Waals surface area contributed by atoms with Gasteiger partial charge in [0, 0.05) is 30.7 Å². The van der Waals surface area contributed by atoms with Crippen LogP contribution in [0.25, 0.3) is 10.9 Å². The molecule has 0 aliphatic carbocycles. The summed E-state index contributed by atoms with van der Waals surface area (Å²) in [5.41, 5.74) is 3.93. The predicted molar refractivity (Wildman–Crippen MR) is 137 cm³/mol. The van der Waals surface area contributed by atoms with Gasteiger partial charge in [-0.2, -0.15) is 4.31 Å². The summed E-state index contributed by atoms with van der Waals surface area (Å²) in [7, 11) is -3.51. The maximum atomic E-state index is 13.2. The van der Waals surface area contributed by atoms with E-state index in [9.17, 15) is 13.2 Å². The Bertz CT molecular complexity index is 1330. The van der Waals surface area contributed by atoms with Gasteiger partial charge in [0.2, 0.25) is 15.9 Å². The number of aromatic nitrogens is 1. The number of hydrogen-bond donors (Lipinski definition) is 0. The van der Waals surface area contributed by atoms with Gasteiger partial charge >= 0.3 is 0 Å². The van der Waals surface area contributed by atoms with E-state index in [2.05, 4.69) is 6.07 Å². The number of carbonyl (C=O) groups excluding carboxylic acids is 1. The Morgan fingerprint density at radius 1 is 1.00 bits per heavy atom.